The summed E-state index contributed by atoms with van der Waals surface area (Å²) in [6.45, 7) is 1.50. The normalized spacial score (nSPS) is 10.2. The zero-order chi connectivity index (χ0) is 15.9. The second kappa shape index (κ2) is 7.85. The molecule has 0 atom stereocenters. The number of rotatable bonds is 6. The summed E-state index contributed by atoms with van der Waals surface area (Å²) in [6.07, 6.45) is 4.53. The molecule has 0 aliphatic heterocycles. The lowest BCUT2D eigenvalue weighted by Crippen LogP contribution is -2.29. The lowest BCUT2D eigenvalue weighted by molar-refractivity contribution is -0.384. The Balaban J connectivity index is 1.70. The van der Waals surface area contributed by atoms with E-state index in [1.807, 2.05) is 10.9 Å². The molecule has 2 aromatic rings. The molecule has 22 heavy (non-hydrogen) atoms. The van der Waals surface area contributed by atoms with E-state index in [0.29, 0.717) is 17.3 Å². The van der Waals surface area contributed by atoms with Crippen LogP contribution in [0.25, 0.3) is 0 Å². The molecular weight excluding hydrogens is 370 g/mol. The van der Waals surface area contributed by atoms with E-state index in [9.17, 15) is 10.1 Å². The molecule has 0 aliphatic rings. The van der Waals surface area contributed by atoms with Crippen LogP contribution < -0.4 is 10.6 Å². The fourth-order valence-electron chi connectivity index (χ4n) is 1.75. The molecule has 0 saturated heterocycles. The summed E-state index contributed by atoms with van der Waals surface area (Å²) in [5.74, 6) is 0. The second-order valence-corrected chi connectivity index (χ2v) is 5.78. The monoisotopic (exact) mass is 383 g/mol. The van der Waals surface area contributed by atoms with Crippen LogP contribution in [0.2, 0.25) is 0 Å². The van der Waals surface area contributed by atoms with Crippen molar-refractivity contribution in [3.05, 3.63) is 51.2 Å². The Bertz CT molecular complexity index is 659. The van der Waals surface area contributed by atoms with Gasteiger partial charge in [-0.2, -0.15) is 5.10 Å². The third-order valence-electron chi connectivity index (χ3n) is 2.79. The predicted molar refractivity (Wildman–Crippen MR) is 91.9 cm³/mol. The Hall–Kier alpha value is -2.00. The molecule has 0 fully saturated rings. The average molecular weight is 384 g/mol. The van der Waals surface area contributed by atoms with Crippen molar-refractivity contribution in [3.8, 4) is 0 Å². The van der Waals surface area contributed by atoms with Gasteiger partial charge >= 0.3 is 0 Å². The lowest BCUT2D eigenvalue weighted by atomic mass is 10.3. The van der Waals surface area contributed by atoms with E-state index in [4.69, 9.17) is 12.2 Å². The van der Waals surface area contributed by atoms with Crippen molar-refractivity contribution >= 4 is 44.6 Å². The molecule has 0 bridgehead atoms. The number of halogens is 1. The van der Waals surface area contributed by atoms with E-state index < -0.39 is 4.92 Å². The summed E-state index contributed by atoms with van der Waals surface area (Å²) in [7, 11) is 0. The van der Waals surface area contributed by atoms with Gasteiger partial charge in [0.15, 0.2) is 5.11 Å². The summed E-state index contributed by atoms with van der Waals surface area (Å²) in [6, 6.07) is 6.10. The van der Waals surface area contributed by atoms with E-state index >= 15 is 0 Å². The minimum Gasteiger partial charge on any atom is -0.362 e. The second-order valence-electron chi connectivity index (χ2n) is 4.46. The number of hydrogen-bond donors (Lipinski definition) is 2. The number of anilines is 1. The Morgan fingerprint density at radius 3 is 2.73 bits per heavy atom. The van der Waals surface area contributed by atoms with Crippen molar-refractivity contribution in [2.75, 3.05) is 11.9 Å². The topological polar surface area (TPSA) is 85.0 Å². The van der Waals surface area contributed by atoms with Gasteiger partial charge in [0.05, 0.1) is 15.6 Å². The van der Waals surface area contributed by atoms with Crippen LogP contribution in [-0.2, 0) is 6.54 Å². The number of nitrogens with one attached hydrogen (secondary N) is 2. The standard InChI is InChI=1S/C13H14BrN5O2S/c14-10-8-16-18(9-10)7-1-6-15-13(22)17-11-2-4-12(5-3-11)19(20)21/h2-5,8-9H,1,6-7H2,(H2,15,17,22). The third kappa shape index (κ3) is 5.08. The number of nitrogens with zero attached hydrogens (tertiary/aromatic N) is 3. The fraction of sp³-hybridized carbons (Fsp3) is 0.231. The van der Waals surface area contributed by atoms with Crippen molar-refractivity contribution in [2.45, 2.75) is 13.0 Å². The molecule has 2 rings (SSSR count). The molecule has 0 spiro atoms. The first-order valence-electron chi connectivity index (χ1n) is 6.52. The van der Waals surface area contributed by atoms with Gasteiger partial charge in [-0.3, -0.25) is 14.8 Å². The van der Waals surface area contributed by atoms with Crippen molar-refractivity contribution in [3.63, 3.8) is 0 Å². The number of thiocarbonyl (C=S) groups is 1. The zero-order valence-electron chi connectivity index (χ0n) is 11.5. The van der Waals surface area contributed by atoms with E-state index in [-0.39, 0.29) is 5.69 Å². The first kappa shape index (κ1) is 16.4. The van der Waals surface area contributed by atoms with Gasteiger partial charge in [-0.25, -0.2) is 0 Å². The molecule has 0 saturated carbocycles. The van der Waals surface area contributed by atoms with Gasteiger partial charge in [-0.1, -0.05) is 0 Å². The average Bonchev–Trinajstić information content (AvgIpc) is 2.90. The summed E-state index contributed by atoms with van der Waals surface area (Å²) in [4.78, 5) is 10.1. The molecule has 0 amide bonds. The Morgan fingerprint density at radius 1 is 1.41 bits per heavy atom. The largest absolute Gasteiger partial charge is 0.362 e. The smallest absolute Gasteiger partial charge is 0.269 e. The van der Waals surface area contributed by atoms with Crippen LogP contribution in [0.4, 0.5) is 11.4 Å². The van der Waals surface area contributed by atoms with Crippen molar-refractivity contribution in [2.24, 2.45) is 0 Å². The van der Waals surface area contributed by atoms with Gasteiger partial charge in [0.25, 0.3) is 5.69 Å². The van der Waals surface area contributed by atoms with Crippen LogP contribution >= 0.6 is 28.1 Å². The Kier molecular flexibility index (Phi) is 5.84. The minimum absolute atomic E-state index is 0.0508. The summed E-state index contributed by atoms with van der Waals surface area (Å²) in [5.41, 5.74) is 0.758. The van der Waals surface area contributed by atoms with Crippen molar-refractivity contribution in [1.29, 1.82) is 0 Å². The van der Waals surface area contributed by atoms with Crippen LogP contribution in [0, 0.1) is 10.1 Å². The van der Waals surface area contributed by atoms with Gasteiger partial charge < -0.3 is 10.6 Å². The van der Waals surface area contributed by atoms with Crippen LogP contribution in [0.3, 0.4) is 0 Å². The molecule has 0 unspecified atom stereocenters. The summed E-state index contributed by atoms with van der Waals surface area (Å²) in [5, 5.41) is 21.3. The SMILES string of the molecule is O=[N+]([O-])c1ccc(NC(=S)NCCCn2cc(Br)cn2)cc1. The van der Waals surface area contributed by atoms with Gasteiger partial charge in [-0.05, 0) is 46.7 Å². The highest BCUT2D eigenvalue weighted by Crippen LogP contribution is 2.15. The highest BCUT2D eigenvalue weighted by atomic mass is 79.9. The maximum atomic E-state index is 10.6. The molecule has 1 aromatic carbocycles. The molecule has 7 nitrogen and oxygen atoms in total. The highest BCUT2D eigenvalue weighted by molar-refractivity contribution is 9.10. The first-order valence-corrected chi connectivity index (χ1v) is 7.72. The molecule has 0 aliphatic carbocycles. The molecule has 9 heteroatoms. The number of non-ortho nitro benzene ring substituents is 1. The molecule has 2 N–H and O–H groups in total. The molecular formula is C13H14BrN5O2S. The number of nitro benzene ring substituents is 1. The molecule has 116 valence electrons. The van der Waals surface area contributed by atoms with Crippen LogP contribution in [0.1, 0.15) is 6.42 Å². The number of aryl methyl sites for hydroxylation is 1. The third-order valence-corrected chi connectivity index (χ3v) is 3.44. The maximum absolute atomic E-state index is 10.6. The van der Waals surface area contributed by atoms with E-state index in [1.165, 1.54) is 12.1 Å². The minimum atomic E-state index is -0.437. The highest BCUT2D eigenvalue weighted by Gasteiger charge is 2.04. The molecule has 1 aromatic heterocycles. The summed E-state index contributed by atoms with van der Waals surface area (Å²) >= 11 is 8.51. The molecule has 1 heterocycles. The number of benzene rings is 1. The van der Waals surface area contributed by atoms with Gasteiger partial charge in [0.2, 0.25) is 0 Å². The van der Waals surface area contributed by atoms with Crippen LogP contribution in [0.5, 0.6) is 0 Å². The Morgan fingerprint density at radius 2 is 2.14 bits per heavy atom. The van der Waals surface area contributed by atoms with Gasteiger partial charge in [-0.15, -0.1) is 0 Å². The van der Waals surface area contributed by atoms with Crippen LogP contribution in [-0.4, -0.2) is 26.4 Å². The Labute approximate surface area is 141 Å². The number of aromatic nitrogens is 2. The fourth-order valence-corrected chi connectivity index (χ4v) is 2.29. The van der Waals surface area contributed by atoms with E-state index in [1.54, 1.807) is 18.3 Å². The van der Waals surface area contributed by atoms with Gasteiger partial charge in [0, 0.05) is 37.1 Å². The van der Waals surface area contributed by atoms with Crippen molar-refractivity contribution < 1.29 is 4.92 Å². The maximum Gasteiger partial charge on any atom is 0.269 e. The molecule has 0 radical (unpaired) electrons. The van der Waals surface area contributed by atoms with Gasteiger partial charge in [0.1, 0.15) is 0 Å². The lowest BCUT2D eigenvalue weighted by Gasteiger charge is -2.10. The first-order chi connectivity index (χ1) is 10.5. The van der Waals surface area contributed by atoms with E-state index in [2.05, 4.69) is 31.7 Å². The number of hydrogen-bond acceptors (Lipinski definition) is 4. The quantitative estimate of drug-likeness (QED) is 0.345. The zero-order valence-corrected chi connectivity index (χ0v) is 13.9. The summed E-state index contributed by atoms with van der Waals surface area (Å²) < 4.78 is 2.80. The van der Waals surface area contributed by atoms with Crippen LogP contribution in [0.15, 0.2) is 41.1 Å². The van der Waals surface area contributed by atoms with E-state index in [0.717, 1.165) is 17.4 Å². The van der Waals surface area contributed by atoms with Crippen molar-refractivity contribution in [1.82, 2.24) is 15.1 Å². The number of nitro groups is 1. The predicted octanol–water partition coefficient (Wildman–Crippen LogP) is 2.93.